The lowest BCUT2D eigenvalue weighted by atomic mass is 9.82. The monoisotopic (exact) mass is 341 g/mol. The van der Waals surface area contributed by atoms with Gasteiger partial charge in [-0.2, -0.15) is 0 Å². The molecule has 0 spiro atoms. The number of alkyl carbamates (subject to hydrolysis) is 1. The molecule has 0 radical (unpaired) electrons. The van der Waals surface area contributed by atoms with Crippen molar-refractivity contribution in [2.75, 3.05) is 13.7 Å². The van der Waals surface area contributed by atoms with Crippen molar-refractivity contribution in [1.82, 2.24) is 5.32 Å². The zero-order valence-corrected chi connectivity index (χ0v) is 16.0. The van der Waals surface area contributed by atoms with Crippen LogP contribution in [0.5, 0.6) is 0 Å². The lowest BCUT2D eigenvalue weighted by Gasteiger charge is -2.25. The molecule has 1 amide bonds. The molecule has 1 rings (SSSR count). The Labute approximate surface area is 146 Å². The van der Waals surface area contributed by atoms with E-state index < -0.39 is 5.60 Å². The highest BCUT2D eigenvalue weighted by Gasteiger charge is 2.30. The summed E-state index contributed by atoms with van der Waals surface area (Å²) < 4.78 is 10.2. The topological polar surface area (TPSA) is 64.6 Å². The summed E-state index contributed by atoms with van der Waals surface area (Å²) in [6, 6.07) is 0. The molecule has 3 unspecified atom stereocenters. The first-order valence-electron chi connectivity index (χ1n) is 9.31. The van der Waals surface area contributed by atoms with E-state index in [1.165, 1.54) is 13.5 Å². The molecule has 1 N–H and O–H groups in total. The highest BCUT2D eigenvalue weighted by molar-refractivity contribution is 5.72. The third kappa shape index (κ3) is 7.54. The standard InChI is InChI=1S/C19H35NO4/c1-6-7-14-8-10-16(17(21)23-5)11-9-15(14)12-13-20-18(22)24-19(2,3)4/h14-16H,6-13H2,1-5H3,(H,20,22). The fraction of sp³-hybridized carbons (Fsp3) is 0.895. The van der Waals surface area contributed by atoms with Crippen LogP contribution in [0.1, 0.15) is 72.6 Å². The van der Waals surface area contributed by atoms with E-state index in [2.05, 4.69) is 12.2 Å². The number of ether oxygens (including phenoxy) is 2. The Kier molecular flexibility index (Phi) is 8.57. The van der Waals surface area contributed by atoms with Crippen LogP contribution >= 0.6 is 0 Å². The summed E-state index contributed by atoms with van der Waals surface area (Å²) in [5, 5.41) is 2.86. The van der Waals surface area contributed by atoms with Gasteiger partial charge < -0.3 is 14.8 Å². The minimum absolute atomic E-state index is 0.0400. The van der Waals surface area contributed by atoms with Crippen molar-refractivity contribution in [1.29, 1.82) is 0 Å². The third-order valence-corrected chi connectivity index (χ3v) is 4.82. The van der Waals surface area contributed by atoms with Crippen LogP contribution in [-0.4, -0.2) is 31.3 Å². The van der Waals surface area contributed by atoms with Crippen LogP contribution in [0.3, 0.4) is 0 Å². The quantitative estimate of drug-likeness (QED) is 0.578. The lowest BCUT2D eigenvalue weighted by Crippen LogP contribution is -2.34. The molecule has 0 heterocycles. The van der Waals surface area contributed by atoms with Gasteiger partial charge in [-0.1, -0.05) is 19.8 Å². The van der Waals surface area contributed by atoms with E-state index in [-0.39, 0.29) is 18.0 Å². The van der Waals surface area contributed by atoms with Gasteiger partial charge in [-0.3, -0.25) is 4.79 Å². The van der Waals surface area contributed by atoms with Crippen molar-refractivity contribution < 1.29 is 19.1 Å². The number of carbonyl (C=O) groups excluding carboxylic acids is 2. The summed E-state index contributed by atoms with van der Waals surface area (Å²) in [6.07, 6.45) is 6.85. The van der Waals surface area contributed by atoms with E-state index in [4.69, 9.17) is 9.47 Å². The van der Waals surface area contributed by atoms with Crippen LogP contribution in [0.2, 0.25) is 0 Å². The van der Waals surface area contributed by atoms with E-state index in [1.54, 1.807) is 0 Å². The molecule has 1 saturated carbocycles. The molecule has 3 atom stereocenters. The zero-order valence-electron chi connectivity index (χ0n) is 16.0. The van der Waals surface area contributed by atoms with Gasteiger partial charge in [0.1, 0.15) is 5.60 Å². The number of rotatable bonds is 6. The Balaban J connectivity index is 2.50. The Morgan fingerprint density at radius 3 is 2.12 bits per heavy atom. The van der Waals surface area contributed by atoms with Crippen LogP contribution in [0.4, 0.5) is 4.79 Å². The molecule has 140 valence electrons. The second-order valence-corrected chi connectivity index (χ2v) is 7.90. The number of methoxy groups -OCH3 is 1. The second kappa shape index (κ2) is 9.90. The summed E-state index contributed by atoms with van der Waals surface area (Å²) >= 11 is 0. The van der Waals surface area contributed by atoms with Crippen molar-refractivity contribution in [3.05, 3.63) is 0 Å². The van der Waals surface area contributed by atoms with Gasteiger partial charge in [0.25, 0.3) is 0 Å². The molecule has 0 aromatic heterocycles. The summed E-state index contributed by atoms with van der Waals surface area (Å²) in [5.74, 6) is 1.15. The van der Waals surface area contributed by atoms with E-state index in [1.807, 2.05) is 20.8 Å². The van der Waals surface area contributed by atoms with Gasteiger partial charge in [0, 0.05) is 6.54 Å². The van der Waals surface area contributed by atoms with Crippen molar-refractivity contribution in [3.63, 3.8) is 0 Å². The van der Waals surface area contributed by atoms with Gasteiger partial charge in [-0.25, -0.2) is 4.79 Å². The lowest BCUT2D eigenvalue weighted by molar-refractivity contribution is -0.145. The normalized spacial score (nSPS) is 24.8. The fourth-order valence-electron chi connectivity index (χ4n) is 3.65. The molecule has 0 aromatic rings. The number of hydrogen-bond acceptors (Lipinski definition) is 4. The molecule has 5 heteroatoms. The van der Waals surface area contributed by atoms with E-state index in [0.29, 0.717) is 18.4 Å². The maximum absolute atomic E-state index is 11.8. The summed E-state index contributed by atoms with van der Waals surface area (Å²) in [6.45, 7) is 8.42. The number of esters is 1. The molecular weight excluding hydrogens is 306 g/mol. The SMILES string of the molecule is CCCC1CCC(C(=O)OC)CCC1CCNC(=O)OC(C)(C)C. The maximum Gasteiger partial charge on any atom is 0.407 e. The highest BCUT2D eigenvalue weighted by atomic mass is 16.6. The minimum Gasteiger partial charge on any atom is -0.469 e. The van der Waals surface area contributed by atoms with E-state index in [0.717, 1.165) is 38.5 Å². The fourth-order valence-corrected chi connectivity index (χ4v) is 3.65. The van der Waals surface area contributed by atoms with Crippen molar-refractivity contribution in [2.24, 2.45) is 17.8 Å². The number of hydrogen-bond donors (Lipinski definition) is 1. The molecular formula is C19H35NO4. The average molecular weight is 341 g/mol. The largest absolute Gasteiger partial charge is 0.469 e. The van der Waals surface area contributed by atoms with Crippen LogP contribution < -0.4 is 5.32 Å². The predicted molar refractivity (Wildman–Crippen MR) is 94.7 cm³/mol. The first kappa shape index (κ1) is 20.8. The Bertz CT molecular complexity index is 403. The van der Waals surface area contributed by atoms with Gasteiger partial charge in [-0.05, 0) is 64.7 Å². The maximum atomic E-state index is 11.8. The molecule has 1 aliphatic carbocycles. The summed E-state index contributed by atoms with van der Waals surface area (Å²) in [7, 11) is 1.47. The molecule has 0 saturated heterocycles. The molecule has 0 aliphatic heterocycles. The molecule has 0 bridgehead atoms. The second-order valence-electron chi connectivity index (χ2n) is 7.90. The van der Waals surface area contributed by atoms with Gasteiger partial charge in [0.15, 0.2) is 0 Å². The Morgan fingerprint density at radius 1 is 1.04 bits per heavy atom. The molecule has 5 nitrogen and oxygen atoms in total. The van der Waals surface area contributed by atoms with E-state index in [9.17, 15) is 9.59 Å². The minimum atomic E-state index is -0.467. The van der Waals surface area contributed by atoms with Gasteiger partial charge in [0.2, 0.25) is 0 Å². The highest BCUT2D eigenvalue weighted by Crippen LogP contribution is 2.36. The van der Waals surface area contributed by atoms with Crippen molar-refractivity contribution in [3.8, 4) is 0 Å². The first-order valence-corrected chi connectivity index (χ1v) is 9.31. The van der Waals surface area contributed by atoms with Crippen LogP contribution in [0.15, 0.2) is 0 Å². The van der Waals surface area contributed by atoms with Crippen LogP contribution in [-0.2, 0) is 14.3 Å². The van der Waals surface area contributed by atoms with Crippen LogP contribution in [0.25, 0.3) is 0 Å². The molecule has 1 aliphatic rings. The molecule has 0 aromatic carbocycles. The van der Waals surface area contributed by atoms with E-state index >= 15 is 0 Å². The van der Waals surface area contributed by atoms with Crippen molar-refractivity contribution >= 4 is 12.1 Å². The summed E-state index contributed by atoms with van der Waals surface area (Å²) in [5.41, 5.74) is -0.467. The van der Waals surface area contributed by atoms with Gasteiger partial charge in [-0.15, -0.1) is 0 Å². The third-order valence-electron chi connectivity index (χ3n) is 4.82. The number of carbonyl (C=O) groups is 2. The molecule has 1 fully saturated rings. The number of nitrogens with one attached hydrogen (secondary N) is 1. The van der Waals surface area contributed by atoms with Crippen molar-refractivity contribution in [2.45, 2.75) is 78.2 Å². The average Bonchev–Trinajstić information content (AvgIpc) is 2.68. The Hall–Kier alpha value is -1.26. The smallest absolute Gasteiger partial charge is 0.407 e. The van der Waals surface area contributed by atoms with Gasteiger partial charge >= 0.3 is 12.1 Å². The van der Waals surface area contributed by atoms with Gasteiger partial charge in [0.05, 0.1) is 13.0 Å². The predicted octanol–water partition coefficient (Wildman–Crippen LogP) is 4.30. The van der Waals surface area contributed by atoms with Crippen LogP contribution in [0, 0.1) is 17.8 Å². The Morgan fingerprint density at radius 2 is 1.62 bits per heavy atom. The first-order chi connectivity index (χ1) is 11.3. The zero-order chi connectivity index (χ0) is 18.2. The summed E-state index contributed by atoms with van der Waals surface area (Å²) in [4.78, 5) is 23.6. The molecule has 24 heavy (non-hydrogen) atoms. The number of amides is 1.